The minimum absolute atomic E-state index is 0.0502. The molecule has 6 nitrogen and oxygen atoms in total. The lowest BCUT2D eigenvalue weighted by Crippen LogP contribution is -2.54. The van der Waals surface area contributed by atoms with Gasteiger partial charge < -0.3 is 14.5 Å². The van der Waals surface area contributed by atoms with Crippen LogP contribution in [0.2, 0.25) is 0 Å². The Morgan fingerprint density at radius 1 is 1.33 bits per heavy atom. The number of aromatic nitrogens is 1. The summed E-state index contributed by atoms with van der Waals surface area (Å²) >= 11 is 0. The van der Waals surface area contributed by atoms with Crippen molar-refractivity contribution in [3.05, 3.63) is 30.1 Å². The fourth-order valence-electron chi connectivity index (χ4n) is 3.98. The number of hydrogen-bond acceptors (Lipinski definition) is 4. The Labute approximate surface area is 141 Å². The summed E-state index contributed by atoms with van der Waals surface area (Å²) in [6.07, 6.45) is 6.80. The Bertz CT molecular complexity index is 620. The fourth-order valence-corrected chi connectivity index (χ4v) is 3.98. The Hall–Kier alpha value is -1.95. The second kappa shape index (κ2) is 6.16. The molecular formula is C18H23N3O3. The number of amides is 2. The van der Waals surface area contributed by atoms with Crippen molar-refractivity contribution >= 4 is 11.8 Å². The highest BCUT2D eigenvalue weighted by atomic mass is 16.5. The third-order valence-electron chi connectivity index (χ3n) is 5.61. The summed E-state index contributed by atoms with van der Waals surface area (Å²) in [6, 6.07) is 3.82. The van der Waals surface area contributed by atoms with Crippen LogP contribution in [0, 0.1) is 5.92 Å². The number of ether oxygens (including phenoxy) is 1. The quantitative estimate of drug-likeness (QED) is 0.836. The van der Waals surface area contributed by atoms with E-state index >= 15 is 0 Å². The zero-order chi connectivity index (χ0) is 16.6. The van der Waals surface area contributed by atoms with Crippen LogP contribution in [-0.4, -0.2) is 58.4 Å². The van der Waals surface area contributed by atoms with E-state index in [1.807, 2.05) is 17.0 Å². The Kier molecular flexibility index (Phi) is 4.00. The second-order valence-corrected chi connectivity index (χ2v) is 7.14. The van der Waals surface area contributed by atoms with Gasteiger partial charge in [0.15, 0.2) is 0 Å². The van der Waals surface area contributed by atoms with Gasteiger partial charge in [-0.1, -0.05) is 6.07 Å². The molecule has 6 heteroatoms. The van der Waals surface area contributed by atoms with Crippen LogP contribution in [0.5, 0.6) is 0 Å². The topological polar surface area (TPSA) is 62.7 Å². The molecule has 0 aliphatic carbocycles. The SMILES string of the molecule is O=C1C[C@@H](C(=O)N2CCC3(CCO3)CC2)CN1Cc1cccnc1. The molecule has 128 valence electrons. The van der Waals surface area contributed by atoms with Gasteiger partial charge in [0.1, 0.15) is 0 Å². The highest BCUT2D eigenvalue weighted by Gasteiger charge is 2.44. The zero-order valence-electron chi connectivity index (χ0n) is 13.8. The van der Waals surface area contributed by atoms with Crippen LogP contribution in [0.15, 0.2) is 24.5 Å². The smallest absolute Gasteiger partial charge is 0.227 e. The van der Waals surface area contributed by atoms with Crippen molar-refractivity contribution in [1.29, 1.82) is 0 Å². The molecule has 1 aromatic rings. The van der Waals surface area contributed by atoms with Crippen LogP contribution >= 0.6 is 0 Å². The van der Waals surface area contributed by atoms with Gasteiger partial charge in [0, 0.05) is 45.0 Å². The maximum absolute atomic E-state index is 12.8. The summed E-state index contributed by atoms with van der Waals surface area (Å²) in [6.45, 7) is 3.42. The minimum atomic E-state index is -0.203. The van der Waals surface area contributed by atoms with E-state index in [0.29, 0.717) is 19.5 Å². The molecule has 1 atom stereocenters. The predicted molar refractivity (Wildman–Crippen MR) is 86.9 cm³/mol. The Morgan fingerprint density at radius 3 is 2.75 bits per heavy atom. The van der Waals surface area contributed by atoms with E-state index < -0.39 is 0 Å². The number of piperidine rings is 1. The molecule has 1 aromatic heterocycles. The van der Waals surface area contributed by atoms with Crippen LogP contribution in [0.4, 0.5) is 0 Å². The zero-order valence-corrected chi connectivity index (χ0v) is 13.8. The number of pyridine rings is 1. The first-order chi connectivity index (χ1) is 11.7. The number of likely N-dealkylation sites (tertiary alicyclic amines) is 2. The lowest BCUT2D eigenvalue weighted by Gasteiger charge is -2.47. The molecule has 24 heavy (non-hydrogen) atoms. The molecule has 0 saturated carbocycles. The third kappa shape index (κ3) is 2.90. The Morgan fingerprint density at radius 2 is 2.12 bits per heavy atom. The average molecular weight is 329 g/mol. The molecule has 0 N–H and O–H groups in total. The lowest BCUT2D eigenvalue weighted by atomic mass is 9.84. The van der Waals surface area contributed by atoms with Crippen molar-refractivity contribution < 1.29 is 14.3 Å². The van der Waals surface area contributed by atoms with E-state index in [0.717, 1.165) is 44.5 Å². The van der Waals surface area contributed by atoms with E-state index in [4.69, 9.17) is 4.74 Å². The van der Waals surface area contributed by atoms with Gasteiger partial charge in [-0.25, -0.2) is 0 Å². The standard InChI is InChI=1S/C18H23N3O3/c22-16-10-15(13-21(16)12-14-2-1-6-19-11-14)17(23)20-7-3-18(4-8-20)5-9-24-18/h1-2,6,11,15H,3-5,7-10,12-13H2/t15-/m1/s1. The summed E-state index contributed by atoms with van der Waals surface area (Å²) in [5.74, 6) is -0.00949. The second-order valence-electron chi connectivity index (χ2n) is 7.14. The molecule has 3 aliphatic rings. The van der Waals surface area contributed by atoms with Crippen LogP contribution in [0.1, 0.15) is 31.2 Å². The van der Waals surface area contributed by atoms with Crippen LogP contribution in [-0.2, 0) is 20.9 Å². The normalized spacial score (nSPS) is 25.8. The summed E-state index contributed by atoms with van der Waals surface area (Å²) in [7, 11) is 0. The summed E-state index contributed by atoms with van der Waals surface area (Å²) in [4.78, 5) is 32.8. The van der Waals surface area contributed by atoms with Crippen molar-refractivity contribution in [3.8, 4) is 0 Å². The van der Waals surface area contributed by atoms with Gasteiger partial charge in [-0.2, -0.15) is 0 Å². The minimum Gasteiger partial charge on any atom is -0.375 e. The van der Waals surface area contributed by atoms with Crippen molar-refractivity contribution in [1.82, 2.24) is 14.8 Å². The van der Waals surface area contributed by atoms with E-state index in [-0.39, 0.29) is 23.3 Å². The number of carbonyl (C=O) groups excluding carboxylic acids is 2. The van der Waals surface area contributed by atoms with Crippen molar-refractivity contribution in [2.45, 2.75) is 37.8 Å². The molecule has 1 spiro atoms. The molecule has 4 rings (SSSR count). The van der Waals surface area contributed by atoms with Crippen LogP contribution in [0.3, 0.4) is 0 Å². The lowest BCUT2D eigenvalue weighted by molar-refractivity contribution is -0.177. The van der Waals surface area contributed by atoms with Crippen LogP contribution < -0.4 is 0 Å². The maximum Gasteiger partial charge on any atom is 0.227 e. The molecule has 2 amide bonds. The molecule has 0 aromatic carbocycles. The van der Waals surface area contributed by atoms with E-state index in [1.54, 1.807) is 17.3 Å². The largest absolute Gasteiger partial charge is 0.375 e. The van der Waals surface area contributed by atoms with Crippen LogP contribution in [0.25, 0.3) is 0 Å². The molecule has 3 fully saturated rings. The summed E-state index contributed by atoms with van der Waals surface area (Å²) in [5, 5.41) is 0. The third-order valence-corrected chi connectivity index (χ3v) is 5.61. The van der Waals surface area contributed by atoms with Crippen molar-refractivity contribution in [3.63, 3.8) is 0 Å². The first-order valence-corrected chi connectivity index (χ1v) is 8.75. The molecule has 3 saturated heterocycles. The molecule has 3 aliphatic heterocycles. The molecular weight excluding hydrogens is 306 g/mol. The van der Waals surface area contributed by atoms with Gasteiger partial charge in [-0.05, 0) is 30.9 Å². The number of rotatable bonds is 3. The maximum atomic E-state index is 12.8. The monoisotopic (exact) mass is 329 g/mol. The number of hydrogen-bond donors (Lipinski definition) is 0. The predicted octanol–water partition coefficient (Wildman–Crippen LogP) is 1.21. The number of nitrogens with zero attached hydrogens (tertiary/aromatic N) is 3. The summed E-state index contributed by atoms with van der Waals surface area (Å²) < 4.78 is 5.71. The Balaban J connectivity index is 1.33. The molecule has 0 unspecified atom stereocenters. The molecule has 0 bridgehead atoms. The molecule has 4 heterocycles. The van der Waals surface area contributed by atoms with Crippen molar-refractivity contribution in [2.75, 3.05) is 26.2 Å². The van der Waals surface area contributed by atoms with E-state index in [2.05, 4.69) is 4.98 Å². The van der Waals surface area contributed by atoms with Gasteiger partial charge in [0.25, 0.3) is 0 Å². The average Bonchev–Trinajstić information content (AvgIpc) is 2.95. The van der Waals surface area contributed by atoms with E-state index in [1.165, 1.54) is 0 Å². The van der Waals surface area contributed by atoms with Gasteiger partial charge in [0.2, 0.25) is 11.8 Å². The van der Waals surface area contributed by atoms with Crippen molar-refractivity contribution in [2.24, 2.45) is 5.92 Å². The highest BCUT2D eigenvalue weighted by molar-refractivity contribution is 5.89. The highest BCUT2D eigenvalue weighted by Crippen LogP contribution is 2.37. The first-order valence-electron chi connectivity index (χ1n) is 8.75. The van der Waals surface area contributed by atoms with Gasteiger partial charge >= 0.3 is 0 Å². The fraction of sp³-hybridized carbons (Fsp3) is 0.611. The first kappa shape index (κ1) is 15.6. The van der Waals surface area contributed by atoms with Gasteiger partial charge in [-0.15, -0.1) is 0 Å². The van der Waals surface area contributed by atoms with Gasteiger partial charge in [-0.3, -0.25) is 14.6 Å². The summed E-state index contributed by atoms with van der Waals surface area (Å²) in [5.41, 5.74) is 1.05. The van der Waals surface area contributed by atoms with E-state index in [9.17, 15) is 9.59 Å². The van der Waals surface area contributed by atoms with Gasteiger partial charge in [0.05, 0.1) is 18.1 Å². The molecule has 0 radical (unpaired) electrons. The number of carbonyl (C=O) groups is 2.